The van der Waals surface area contributed by atoms with Crippen LogP contribution in [0.5, 0.6) is 0 Å². The van der Waals surface area contributed by atoms with Gasteiger partial charge >= 0.3 is 0 Å². The lowest BCUT2D eigenvalue weighted by atomic mass is 9.68. The SMILES string of the molecule is CCC1CCC(N)C(CC2CC(N)CCC2C)C1. The fourth-order valence-corrected chi connectivity index (χ4v) is 4.20. The van der Waals surface area contributed by atoms with Crippen LogP contribution in [0, 0.1) is 23.7 Å². The third-order valence-corrected chi connectivity index (χ3v) is 5.74. The second-order valence-electron chi connectivity index (χ2n) is 7.06. The summed E-state index contributed by atoms with van der Waals surface area (Å²) in [6.07, 6.45) is 10.4. The normalized spacial score (nSPS) is 46.0. The maximum Gasteiger partial charge on any atom is 0.00674 e. The molecular weight excluding hydrogens is 220 g/mol. The Labute approximate surface area is 113 Å². The standard InChI is InChI=1S/C16H32N2/c1-3-12-5-7-16(18)14(8-12)9-13-10-15(17)6-4-11(13)2/h11-16H,3-10,17-18H2,1-2H3. The van der Waals surface area contributed by atoms with Gasteiger partial charge in [-0.1, -0.05) is 20.3 Å². The Bertz CT molecular complexity index is 253. The van der Waals surface area contributed by atoms with Crippen molar-refractivity contribution in [1.82, 2.24) is 0 Å². The summed E-state index contributed by atoms with van der Waals surface area (Å²) in [5, 5.41) is 0. The first-order chi connectivity index (χ1) is 8.60. The minimum absolute atomic E-state index is 0.452. The Kier molecular flexibility index (Phi) is 5.08. The first kappa shape index (κ1) is 14.3. The van der Waals surface area contributed by atoms with Gasteiger partial charge in [0.05, 0.1) is 0 Å². The van der Waals surface area contributed by atoms with Crippen molar-refractivity contribution >= 4 is 0 Å². The predicted molar refractivity (Wildman–Crippen MR) is 78.2 cm³/mol. The monoisotopic (exact) mass is 252 g/mol. The Hall–Kier alpha value is -0.0800. The van der Waals surface area contributed by atoms with Crippen LogP contribution in [0.1, 0.15) is 65.2 Å². The first-order valence-electron chi connectivity index (χ1n) is 8.11. The summed E-state index contributed by atoms with van der Waals surface area (Å²) in [5.41, 5.74) is 12.5. The Morgan fingerprint density at radius 2 is 1.72 bits per heavy atom. The van der Waals surface area contributed by atoms with Gasteiger partial charge in [-0.05, 0) is 68.6 Å². The first-order valence-corrected chi connectivity index (χ1v) is 8.11. The molecule has 0 aromatic rings. The minimum atomic E-state index is 0.452. The molecule has 0 aliphatic heterocycles. The molecule has 6 unspecified atom stereocenters. The van der Waals surface area contributed by atoms with Gasteiger partial charge in [0.25, 0.3) is 0 Å². The highest BCUT2D eigenvalue weighted by atomic mass is 14.7. The van der Waals surface area contributed by atoms with Crippen LogP contribution in [0.25, 0.3) is 0 Å². The van der Waals surface area contributed by atoms with Crippen LogP contribution in [0.4, 0.5) is 0 Å². The van der Waals surface area contributed by atoms with Crippen molar-refractivity contribution in [2.45, 2.75) is 77.3 Å². The van der Waals surface area contributed by atoms with Crippen molar-refractivity contribution in [3.05, 3.63) is 0 Å². The van der Waals surface area contributed by atoms with Crippen molar-refractivity contribution in [1.29, 1.82) is 0 Å². The second kappa shape index (κ2) is 6.38. The molecule has 0 radical (unpaired) electrons. The van der Waals surface area contributed by atoms with E-state index in [1.807, 2.05) is 0 Å². The molecule has 6 atom stereocenters. The van der Waals surface area contributed by atoms with Gasteiger partial charge in [-0.3, -0.25) is 0 Å². The van der Waals surface area contributed by atoms with Gasteiger partial charge in [-0.15, -0.1) is 0 Å². The van der Waals surface area contributed by atoms with E-state index in [1.54, 1.807) is 0 Å². The highest BCUT2D eigenvalue weighted by Gasteiger charge is 2.33. The molecule has 2 saturated carbocycles. The molecule has 0 amide bonds. The molecule has 4 N–H and O–H groups in total. The molecule has 2 aliphatic carbocycles. The summed E-state index contributed by atoms with van der Waals surface area (Å²) in [6.45, 7) is 4.75. The van der Waals surface area contributed by atoms with E-state index in [-0.39, 0.29) is 0 Å². The summed E-state index contributed by atoms with van der Waals surface area (Å²) >= 11 is 0. The maximum absolute atomic E-state index is 6.36. The van der Waals surface area contributed by atoms with Gasteiger partial charge < -0.3 is 11.5 Å². The van der Waals surface area contributed by atoms with Crippen LogP contribution in [0.15, 0.2) is 0 Å². The van der Waals surface area contributed by atoms with Crippen molar-refractivity contribution in [3.8, 4) is 0 Å². The third kappa shape index (κ3) is 3.48. The largest absolute Gasteiger partial charge is 0.328 e. The zero-order chi connectivity index (χ0) is 13.1. The average molecular weight is 252 g/mol. The maximum atomic E-state index is 6.36. The molecule has 0 spiro atoms. The minimum Gasteiger partial charge on any atom is -0.328 e. The lowest BCUT2D eigenvalue weighted by Gasteiger charge is -2.40. The quantitative estimate of drug-likeness (QED) is 0.810. The lowest BCUT2D eigenvalue weighted by Crippen LogP contribution is -2.40. The van der Waals surface area contributed by atoms with Crippen molar-refractivity contribution in [3.63, 3.8) is 0 Å². The second-order valence-corrected chi connectivity index (χ2v) is 7.06. The van der Waals surface area contributed by atoms with E-state index < -0.39 is 0 Å². The van der Waals surface area contributed by atoms with Gasteiger partial charge in [0.2, 0.25) is 0 Å². The van der Waals surface area contributed by atoms with E-state index in [2.05, 4.69) is 13.8 Å². The van der Waals surface area contributed by atoms with Gasteiger partial charge in [-0.25, -0.2) is 0 Å². The Balaban J connectivity index is 1.89. The zero-order valence-corrected chi connectivity index (χ0v) is 12.3. The Morgan fingerprint density at radius 1 is 0.944 bits per heavy atom. The summed E-state index contributed by atoms with van der Waals surface area (Å²) < 4.78 is 0. The van der Waals surface area contributed by atoms with Crippen molar-refractivity contribution in [2.75, 3.05) is 0 Å². The van der Waals surface area contributed by atoms with Gasteiger partial charge in [-0.2, -0.15) is 0 Å². The molecular formula is C16H32N2. The molecule has 0 aromatic carbocycles. The molecule has 0 aromatic heterocycles. The summed E-state index contributed by atoms with van der Waals surface area (Å²) in [7, 11) is 0. The van der Waals surface area contributed by atoms with Gasteiger partial charge in [0.15, 0.2) is 0 Å². The number of hydrogen-bond acceptors (Lipinski definition) is 2. The zero-order valence-electron chi connectivity index (χ0n) is 12.3. The number of hydrogen-bond donors (Lipinski definition) is 2. The lowest BCUT2D eigenvalue weighted by molar-refractivity contribution is 0.141. The van der Waals surface area contributed by atoms with Gasteiger partial charge in [0.1, 0.15) is 0 Å². The molecule has 18 heavy (non-hydrogen) atoms. The molecule has 0 saturated heterocycles. The van der Waals surface area contributed by atoms with Crippen molar-refractivity contribution in [2.24, 2.45) is 35.1 Å². The predicted octanol–water partition coefficient (Wildman–Crippen LogP) is 3.29. The topological polar surface area (TPSA) is 52.0 Å². The van der Waals surface area contributed by atoms with E-state index >= 15 is 0 Å². The van der Waals surface area contributed by atoms with E-state index in [1.165, 1.54) is 51.4 Å². The van der Waals surface area contributed by atoms with E-state index in [9.17, 15) is 0 Å². The summed E-state index contributed by atoms with van der Waals surface area (Å²) in [4.78, 5) is 0. The Morgan fingerprint density at radius 3 is 2.44 bits per heavy atom. The molecule has 0 heterocycles. The molecule has 2 aliphatic rings. The van der Waals surface area contributed by atoms with Crippen molar-refractivity contribution < 1.29 is 0 Å². The average Bonchev–Trinajstić information content (AvgIpc) is 2.36. The van der Waals surface area contributed by atoms with Crippen LogP contribution in [0.2, 0.25) is 0 Å². The van der Waals surface area contributed by atoms with Crippen LogP contribution in [-0.2, 0) is 0 Å². The molecule has 2 rings (SSSR count). The van der Waals surface area contributed by atoms with E-state index in [0.717, 1.165) is 23.7 Å². The van der Waals surface area contributed by atoms with E-state index in [4.69, 9.17) is 11.5 Å². The highest BCUT2D eigenvalue weighted by molar-refractivity contribution is 4.87. The molecule has 0 bridgehead atoms. The van der Waals surface area contributed by atoms with E-state index in [0.29, 0.717) is 12.1 Å². The van der Waals surface area contributed by atoms with Crippen LogP contribution < -0.4 is 11.5 Å². The highest BCUT2D eigenvalue weighted by Crippen LogP contribution is 2.39. The molecule has 2 heteroatoms. The summed E-state index contributed by atoms with van der Waals surface area (Å²) in [6, 6.07) is 0.908. The number of rotatable bonds is 3. The van der Waals surface area contributed by atoms with Crippen LogP contribution in [-0.4, -0.2) is 12.1 Å². The summed E-state index contributed by atoms with van der Waals surface area (Å²) in [5.74, 6) is 3.39. The third-order valence-electron chi connectivity index (χ3n) is 5.74. The van der Waals surface area contributed by atoms with Gasteiger partial charge in [0, 0.05) is 12.1 Å². The van der Waals surface area contributed by atoms with Crippen LogP contribution in [0.3, 0.4) is 0 Å². The molecule has 106 valence electrons. The fourth-order valence-electron chi connectivity index (χ4n) is 4.20. The molecule has 2 fully saturated rings. The fraction of sp³-hybridized carbons (Fsp3) is 1.00. The van der Waals surface area contributed by atoms with Crippen LogP contribution >= 0.6 is 0 Å². The smallest absolute Gasteiger partial charge is 0.00674 e. The number of nitrogens with two attached hydrogens (primary N) is 2. The molecule has 2 nitrogen and oxygen atoms in total.